The summed E-state index contributed by atoms with van der Waals surface area (Å²) in [6.07, 6.45) is 2.80. The van der Waals surface area contributed by atoms with Gasteiger partial charge in [0.25, 0.3) is 0 Å². The van der Waals surface area contributed by atoms with Gasteiger partial charge in [0.15, 0.2) is 0 Å². The molecule has 0 saturated heterocycles. The first-order valence-electron chi connectivity index (χ1n) is 6.27. The Morgan fingerprint density at radius 2 is 2.15 bits per heavy atom. The molecule has 0 aliphatic carbocycles. The van der Waals surface area contributed by atoms with Crippen LogP contribution in [0.25, 0.3) is 0 Å². The van der Waals surface area contributed by atoms with Crippen molar-refractivity contribution in [3.63, 3.8) is 0 Å². The number of ether oxygens (including phenoxy) is 1. The predicted molar refractivity (Wildman–Crippen MR) is 83.0 cm³/mol. The highest BCUT2D eigenvalue weighted by atomic mass is 32.2. The second-order valence-electron chi connectivity index (χ2n) is 4.11. The van der Waals surface area contributed by atoms with E-state index in [9.17, 15) is 9.59 Å². The van der Waals surface area contributed by atoms with Crippen LogP contribution in [0.5, 0.6) is 0 Å². The van der Waals surface area contributed by atoms with Crippen LogP contribution >= 0.6 is 23.1 Å². The van der Waals surface area contributed by atoms with Crippen molar-refractivity contribution < 1.29 is 14.3 Å². The highest BCUT2D eigenvalue weighted by Crippen LogP contribution is 2.07. The van der Waals surface area contributed by atoms with Crippen molar-refractivity contribution in [3.8, 4) is 0 Å². The van der Waals surface area contributed by atoms with E-state index in [-0.39, 0.29) is 6.10 Å². The molecule has 0 aliphatic heterocycles. The molecule has 7 heteroatoms. The average molecular weight is 316 g/mol. The monoisotopic (exact) mass is 316 g/mol. The smallest absolute Gasteiger partial charge is 0.309 e. The van der Waals surface area contributed by atoms with Gasteiger partial charge in [-0.1, -0.05) is 6.07 Å². The van der Waals surface area contributed by atoms with Gasteiger partial charge in [0.2, 0.25) is 0 Å². The summed E-state index contributed by atoms with van der Waals surface area (Å²) in [7, 11) is 1.61. The molecule has 2 N–H and O–H groups in total. The van der Waals surface area contributed by atoms with Crippen LogP contribution in [-0.4, -0.2) is 43.6 Å². The third-order valence-electron chi connectivity index (χ3n) is 2.68. The lowest BCUT2D eigenvalue weighted by Gasteiger charge is -2.15. The van der Waals surface area contributed by atoms with Gasteiger partial charge in [0.05, 0.1) is 12.6 Å². The lowest BCUT2D eigenvalue weighted by atomic mass is 10.2. The zero-order valence-corrected chi connectivity index (χ0v) is 13.3. The molecule has 0 spiro atoms. The van der Waals surface area contributed by atoms with E-state index in [1.54, 1.807) is 18.9 Å². The average Bonchev–Trinajstić information content (AvgIpc) is 2.98. The normalized spacial score (nSPS) is 11.9. The van der Waals surface area contributed by atoms with Crippen molar-refractivity contribution in [1.29, 1.82) is 0 Å². The Bertz CT molecular complexity index is 410. The number of carbonyl (C=O) groups is 2. The van der Waals surface area contributed by atoms with Crippen molar-refractivity contribution in [2.24, 2.45) is 0 Å². The second-order valence-corrected chi connectivity index (χ2v) is 6.13. The number of rotatable bonds is 8. The van der Waals surface area contributed by atoms with Crippen LogP contribution in [0.2, 0.25) is 0 Å². The van der Waals surface area contributed by atoms with Gasteiger partial charge in [0, 0.05) is 18.5 Å². The molecular formula is C13H20N2O3S2. The maximum atomic E-state index is 11.6. The first kappa shape index (κ1) is 17.0. The molecule has 1 heterocycles. The zero-order valence-electron chi connectivity index (χ0n) is 11.7. The molecule has 20 heavy (non-hydrogen) atoms. The van der Waals surface area contributed by atoms with Crippen LogP contribution in [-0.2, 0) is 20.9 Å². The first-order chi connectivity index (χ1) is 9.67. The Hall–Kier alpha value is -1.05. The van der Waals surface area contributed by atoms with Gasteiger partial charge in [-0.05, 0) is 29.9 Å². The lowest BCUT2D eigenvalue weighted by Crippen LogP contribution is -2.42. The van der Waals surface area contributed by atoms with Crippen LogP contribution in [0.3, 0.4) is 0 Å². The number of methoxy groups -OCH3 is 1. The van der Waals surface area contributed by atoms with Gasteiger partial charge in [-0.25, -0.2) is 0 Å². The Balaban J connectivity index is 2.25. The molecule has 0 aromatic carbocycles. The summed E-state index contributed by atoms with van der Waals surface area (Å²) in [5.41, 5.74) is 0. The number of amides is 2. The molecule has 0 saturated carbocycles. The number of carbonyl (C=O) groups excluding carboxylic acids is 2. The molecule has 0 bridgehead atoms. The van der Waals surface area contributed by atoms with Gasteiger partial charge < -0.3 is 15.4 Å². The van der Waals surface area contributed by atoms with E-state index in [4.69, 9.17) is 4.74 Å². The molecule has 0 fully saturated rings. The molecule has 1 unspecified atom stereocenters. The molecule has 2 amide bonds. The van der Waals surface area contributed by atoms with Crippen LogP contribution < -0.4 is 10.6 Å². The van der Waals surface area contributed by atoms with Gasteiger partial charge in [-0.15, -0.1) is 11.3 Å². The fourth-order valence-corrected chi connectivity index (χ4v) is 2.64. The molecule has 1 aromatic heterocycles. The zero-order chi connectivity index (χ0) is 14.8. The molecular weight excluding hydrogens is 296 g/mol. The Labute approximate surface area is 127 Å². The number of hydrogen-bond acceptors (Lipinski definition) is 5. The van der Waals surface area contributed by atoms with Crippen molar-refractivity contribution in [2.75, 3.05) is 25.7 Å². The van der Waals surface area contributed by atoms with E-state index >= 15 is 0 Å². The minimum Gasteiger partial charge on any atom is -0.380 e. The molecule has 1 rings (SSSR count). The molecule has 5 nitrogen and oxygen atoms in total. The van der Waals surface area contributed by atoms with Crippen molar-refractivity contribution >= 4 is 34.9 Å². The number of thiophene rings is 1. The summed E-state index contributed by atoms with van der Waals surface area (Å²) < 4.78 is 5.24. The Morgan fingerprint density at radius 1 is 1.40 bits per heavy atom. The van der Waals surface area contributed by atoms with E-state index in [0.29, 0.717) is 13.1 Å². The summed E-state index contributed by atoms with van der Waals surface area (Å²) in [6.45, 7) is 0.729. The summed E-state index contributed by atoms with van der Waals surface area (Å²) in [5, 5.41) is 7.10. The standard InChI is InChI=1S/C13H20N2O3S2/c1-18-10(5-7-19-2)8-14-12(16)13(17)15-9-11-4-3-6-20-11/h3-4,6,10H,5,7-9H2,1-2H3,(H,14,16)(H,15,17). The maximum Gasteiger partial charge on any atom is 0.309 e. The fourth-order valence-electron chi connectivity index (χ4n) is 1.50. The van der Waals surface area contributed by atoms with E-state index in [0.717, 1.165) is 17.1 Å². The molecule has 1 atom stereocenters. The van der Waals surface area contributed by atoms with Crippen molar-refractivity contribution in [2.45, 2.75) is 19.1 Å². The highest BCUT2D eigenvalue weighted by Gasteiger charge is 2.15. The minimum atomic E-state index is -0.618. The first-order valence-corrected chi connectivity index (χ1v) is 8.54. The van der Waals surface area contributed by atoms with Gasteiger partial charge >= 0.3 is 11.8 Å². The second kappa shape index (κ2) is 9.79. The van der Waals surface area contributed by atoms with Crippen LogP contribution in [0.1, 0.15) is 11.3 Å². The Kier molecular flexibility index (Phi) is 8.32. The van der Waals surface area contributed by atoms with Crippen LogP contribution in [0, 0.1) is 0 Å². The van der Waals surface area contributed by atoms with E-state index in [2.05, 4.69) is 10.6 Å². The number of thioether (sulfide) groups is 1. The van der Waals surface area contributed by atoms with Crippen molar-refractivity contribution in [3.05, 3.63) is 22.4 Å². The lowest BCUT2D eigenvalue weighted by molar-refractivity contribution is -0.139. The maximum absolute atomic E-state index is 11.6. The summed E-state index contributed by atoms with van der Waals surface area (Å²) >= 11 is 3.26. The SMILES string of the molecule is COC(CCSC)CNC(=O)C(=O)NCc1cccs1. The fraction of sp³-hybridized carbons (Fsp3) is 0.538. The van der Waals surface area contributed by atoms with Crippen LogP contribution in [0.15, 0.2) is 17.5 Å². The quantitative estimate of drug-likeness (QED) is 0.708. The summed E-state index contributed by atoms with van der Waals surface area (Å²) in [5.74, 6) is -0.273. The predicted octanol–water partition coefficient (Wildman–Crippen LogP) is 1.25. The van der Waals surface area contributed by atoms with Gasteiger partial charge in [0.1, 0.15) is 0 Å². The van der Waals surface area contributed by atoms with E-state index in [1.807, 2.05) is 23.8 Å². The number of hydrogen-bond donors (Lipinski definition) is 2. The topological polar surface area (TPSA) is 67.4 Å². The van der Waals surface area contributed by atoms with Crippen molar-refractivity contribution in [1.82, 2.24) is 10.6 Å². The minimum absolute atomic E-state index is 0.0588. The van der Waals surface area contributed by atoms with Gasteiger partial charge in [-0.2, -0.15) is 11.8 Å². The summed E-state index contributed by atoms with van der Waals surface area (Å²) in [4.78, 5) is 24.2. The third kappa shape index (κ3) is 6.40. The van der Waals surface area contributed by atoms with Gasteiger partial charge in [-0.3, -0.25) is 9.59 Å². The molecule has 112 valence electrons. The van der Waals surface area contributed by atoms with Crippen LogP contribution in [0.4, 0.5) is 0 Å². The van der Waals surface area contributed by atoms with E-state index < -0.39 is 11.8 Å². The third-order valence-corrected chi connectivity index (χ3v) is 4.20. The molecule has 1 aromatic rings. The highest BCUT2D eigenvalue weighted by molar-refractivity contribution is 7.98. The largest absolute Gasteiger partial charge is 0.380 e. The van der Waals surface area contributed by atoms with E-state index in [1.165, 1.54) is 11.3 Å². The number of nitrogens with one attached hydrogen (secondary N) is 2. The Morgan fingerprint density at radius 3 is 2.75 bits per heavy atom. The summed E-state index contributed by atoms with van der Waals surface area (Å²) in [6, 6.07) is 3.81. The molecule has 0 aliphatic rings. The molecule has 0 radical (unpaired) electrons.